The topological polar surface area (TPSA) is 93.3 Å². The molecule has 0 radical (unpaired) electrons. The maximum atomic E-state index is 12.9. The van der Waals surface area contributed by atoms with Gasteiger partial charge >= 0.3 is 0 Å². The van der Waals surface area contributed by atoms with Gasteiger partial charge in [0.15, 0.2) is 11.5 Å². The van der Waals surface area contributed by atoms with E-state index >= 15 is 0 Å². The van der Waals surface area contributed by atoms with Gasteiger partial charge in [0.2, 0.25) is 0 Å². The van der Waals surface area contributed by atoms with Crippen LogP contribution in [0, 0.1) is 6.92 Å². The first-order valence-electron chi connectivity index (χ1n) is 9.69. The molecule has 2 amide bonds. The number of nitrogens with one attached hydrogen (secondary N) is 1. The highest BCUT2D eigenvalue weighted by Gasteiger charge is 2.26. The second-order valence-corrected chi connectivity index (χ2v) is 7.28. The van der Waals surface area contributed by atoms with E-state index in [1.165, 1.54) is 10.9 Å². The highest BCUT2D eigenvalue weighted by molar-refractivity contribution is 6.07. The van der Waals surface area contributed by atoms with Gasteiger partial charge < -0.3 is 14.7 Å². The molecule has 3 heterocycles. The number of nitrogens with zero attached hydrogens (tertiary/aromatic N) is 4. The molecular formula is C21H23N5O3. The van der Waals surface area contributed by atoms with Gasteiger partial charge in [-0.2, -0.15) is 5.10 Å². The molecule has 1 saturated heterocycles. The zero-order chi connectivity index (χ0) is 20.4. The highest BCUT2D eigenvalue weighted by Crippen LogP contribution is 2.23. The number of hydrogen-bond donors (Lipinski definition) is 1. The van der Waals surface area contributed by atoms with Crippen LogP contribution in [-0.2, 0) is 7.05 Å². The second-order valence-electron chi connectivity index (χ2n) is 7.28. The normalized spacial score (nSPS) is 14.1. The third-order valence-corrected chi connectivity index (χ3v) is 5.11. The van der Waals surface area contributed by atoms with Crippen LogP contribution in [0.15, 0.2) is 41.1 Å². The average Bonchev–Trinajstić information content (AvgIpc) is 3.36. The lowest BCUT2D eigenvalue weighted by atomic mass is 10.1. The van der Waals surface area contributed by atoms with Crippen LogP contribution < -0.4 is 5.32 Å². The summed E-state index contributed by atoms with van der Waals surface area (Å²) in [5.41, 5.74) is 2.84. The number of aromatic nitrogens is 3. The molecule has 1 aromatic carbocycles. The Labute approximate surface area is 168 Å². The molecule has 4 rings (SSSR count). The summed E-state index contributed by atoms with van der Waals surface area (Å²) >= 11 is 0. The van der Waals surface area contributed by atoms with Crippen molar-refractivity contribution in [2.45, 2.75) is 26.2 Å². The maximum absolute atomic E-state index is 12.9. The molecule has 150 valence electrons. The van der Waals surface area contributed by atoms with Crippen molar-refractivity contribution in [3.63, 3.8) is 0 Å². The highest BCUT2D eigenvalue weighted by atomic mass is 16.5. The number of benzene rings is 1. The van der Waals surface area contributed by atoms with Crippen molar-refractivity contribution in [1.29, 1.82) is 0 Å². The average molecular weight is 393 g/mol. The molecule has 0 unspecified atom stereocenters. The number of likely N-dealkylation sites (tertiary alicyclic amines) is 1. The fourth-order valence-electron chi connectivity index (χ4n) is 3.45. The zero-order valence-corrected chi connectivity index (χ0v) is 16.5. The lowest BCUT2D eigenvalue weighted by Crippen LogP contribution is -2.37. The van der Waals surface area contributed by atoms with E-state index in [2.05, 4.69) is 15.6 Å². The van der Waals surface area contributed by atoms with Crippen molar-refractivity contribution in [2.75, 3.05) is 18.4 Å². The van der Waals surface area contributed by atoms with Gasteiger partial charge in [-0.1, -0.05) is 35.0 Å². The Kier molecular flexibility index (Phi) is 5.16. The van der Waals surface area contributed by atoms with Crippen LogP contribution in [0.3, 0.4) is 0 Å². The molecule has 0 atom stereocenters. The van der Waals surface area contributed by atoms with Crippen molar-refractivity contribution in [2.24, 2.45) is 7.05 Å². The molecule has 1 fully saturated rings. The van der Waals surface area contributed by atoms with Crippen LogP contribution in [0.25, 0.3) is 11.3 Å². The van der Waals surface area contributed by atoms with E-state index in [0.717, 1.165) is 43.5 Å². The Hall–Kier alpha value is -3.42. The van der Waals surface area contributed by atoms with Gasteiger partial charge in [-0.05, 0) is 26.2 Å². The van der Waals surface area contributed by atoms with E-state index in [0.29, 0.717) is 17.1 Å². The second kappa shape index (κ2) is 7.90. The van der Waals surface area contributed by atoms with Crippen molar-refractivity contribution in [3.8, 4) is 11.3 Å². The Morgan fingerprint density at radius 3 is 2.55 bits per heavy atom. The number of carbonyl (C=O) groups is 2. The van der Waals surface area contributed by atoms with Crippen LogP contribution in [0.1, 0.15) is 45.8 Å². The molecule has 1 aliphatic rings. The van der Waals surface area contributed by atoms with Crippen molar-refractivity contribution in [3.05, 3.63) is 53.5 Å². The quantitative estimate of drug-likeness (QED) is 0.734. The minimum atomic E-state index is -0.451. The summed E-state index contributed by atoms with van der Waals surface area (Å²) in [7, 11) is 1.69. The van der Waals surface area contributed by atoms with Crippen LogP contribution in [0.4, 0.5) is 5.69 Å². The molecule has 2 aromatic heterocycles. The van der Waals surface area contributed by atoms with Crippen LogP contribution in [0.2, 0.25) is 0 Å². The molecule has 8 nitrogen and oxygen atoms in total. The number of amides is 2. The van der Waals surface area contributed by atoms with E-state index in [9.17, 15) is 9.59 Å². The molecule has 1 aliphatic heterocycles. The van der Waals surface area contributed by atoms with Crippen LogP contribution >= 0.6 is 0 Å². The van der Waals surface area contributed by atoms with E-state index < -0.39 is 5.91 Å². The summed E-state index contributed by atoms with van der Waals surface area (Å²) in [6, 6.07) is 9.34. The first-order chi connectivity index (χ1) is 14.0. The van der Waals surface area contributed by atoms with Gasteiger partial charge in [0.1, 0.15) is 5.69 Å². The predicted molar refractivity (Wildman–Crippen MR) is 108 cm³/mol. The molecule has 8 heteroatoms. The summed E-state index contributed by atoms with van der Waals surface area (Å²) in [4.78, 5) is 27.4. The molecule has 0 aliphatic carbocycles. The van der Waals surface area contributed by atoms with Gasteiger partial charge in [-0.3, -0.25) is 14.3 Å². The van der Waals surface area contributed by atoms with E-state index in [1.54, 1.807) is 13.1 Å². The largest absolute Gasteiger partial charge is 0.355 e. The lowest BCUT2D eigenvalue weighted by Gasteiger charge is -2.26. The van der Waals surface area contributed by atoms with Crippen LogP contribution in [0.5, 0.6) is 0 Å². The standard InChI is InChI=1S/C21H23N5O3/c1-14-6-8-15(9-7-14)18-12-16(24-29-18)20(27)23-17-13-22-25(2)19(17)21(28)26-10-4-3-5-11-26/h6-9,12-13H,3-5,10-11H2,1-2H3,(H,23,27). The SMILES string of the molecule is Cc1ccc(-c2cc(C(=O)Nc3cnn(C)c3C(=O)N3CCCCC3)no2)cc1. The fourth-order valence-corrected chi connectivity index (χ4v) is 3.45. The first kappa shape index (κ1) is 18.9. The molecule has 1 N–H and O–H groups in total. The maximum Gasteiger partial charge on any atom is 0.277 e. The van der Waals surface area contributed by atoms with Gasteiger partial charge in [0, 0.05) is 31.8 Å². The fraction of sp³-hybridized carbons (Fsp3) is 0.333. The minimum absolute atomic E-state index is 0.125. The minimum Gasteiger partial charge on any atom is -0.355 e. The summed E-state index contributed by atoms with van der Waals surface area (Å²) in [5, 5.41) is 10.8. The van der Waals surface area contributed by atoms with Crippen LogP contribution in [-0.4, -0.2) is 44.7 Å². The van der Waals surface area contributed by atoms with Crippen molar-refractivity contribution >= 4 is 17.5 Å². The zero-order valence-electron chi connectivity index (χ0n) is 16.5. The number of carbonyl (C=O) groups excluding carboxylic acids is 2. The summed E-state index contributed by atoms with van der Waals surface area (Å²) in [5.74, 6) is -0.0701. The van der Waals surface area contributed by atoms with E-state index in [1.807, 2.05) is 36.1 Å². The van der Waals surface area contributed by atoms with Gasteiger partial charge in [0.25, 0.3) is 11.8 Å². The molecule has 0 saturated carbocycles. The molecule has 0 bridgehead atoms. The van der Waals surface area contributed by atoms with Crippen molar-refractivity contribution < 1.29 is 14.1 Å². The summed E-state index contributed by atoms with van der Waals surface area (Å²) in [6.07, 6.45) is 4.60. The number of rotatable bonds is 4. The molecular weight excluding hydrogens is 370 g/mol. The smallest absolute Gasteiger partial charge is 0.277 e. The Bertz CT molecular complexity index is 1030. The Morgan fingerprint density at radius 1 is 1.10 bits per heavy atom. The number of aryl methyl sites for hydroxylation is 2. The third kappa shape index (κ3) is 3.91. The number of anilines is 1. The molecule has 29 heavy (non-hydrogen) atoms. The van der Waals surface area contributed by atoms with Crippen molar-refractivity contribution in [1.82, 2.24) is 19.8 Å². The Balaban J connectivity index is 1.52. The first-order valence-corrected chi connectivity index (χ1v) is 9.69. The summed E-state index contributed by atoms with van der Waals surface area (Å²) in [6.45, 7) is 3.45. The van der Waals surface area contributed by atoms with Gasteiger partial charge in [-0.25, -0.2) is 0 Å². The summed E-state index contributed by atoms with van der Waals surface area (Å²) < 4.78 is 6.81. The molecule has 0 spiro atoms. The Morgan fingerprint density at radius 2 is 1.83 bits per heavy atom. The number of piperidine rings is 1. The lowest BCUT2D eigenvalue weighted by molar-refractivity contribution is 0.0714. The third-order valence-electron chi connectivity index (χ3n) is 5.11. The predicted octanol–water partition coefficient (Wildman–Crippen LogP) is 3.26. The number of hydrogen-bond acceptors (Lipinski definition) is 5. The molecule has 3 aromatic rings. The van der Waals surface area contributed by atoms with Gasteiger partial charge in [-0.15, -0.1) is 0 Å². The van der Waals surface area contributed by atoms with Gasteiger partial charge in [0.05, 0.1) is 11.9 Å². The monoisotopic (exact) mass is 393 g/mol. The van der Waals surface area contributed by atoms with E-state index in [-0.39, 0.29) is 11.6 Å². The van der Waals surface area contributed by atoms with E-state index in [4.69, 9.17) is 4.52 Å².